The average Bonchev–Trinajstić information content (AvgIpc) is 3.42. The van der Waals surface area contributed by atoms with E-state index < -0.39 is 0 Å². The van der Waals surface area contributed by atoms with E-state index in [4.69, 9.17) is 4.42 Å². The van der Waals surface area contributed by atoms with Gasteiger partial charge in [-0.15, -0.1) is 0 Å². The van der Waals surface area contributed by atoms with Crippen molar-refractivity contribution in [2.45, 2.75) is 26.2 Å². The maximum atomic E-state index is 12.3. The summed E-state index contributed by atoms with van der Waals surface area (Å²) in [4.78, 5) is 23.0. The first-order valence-corrected chi connectivity index (χ1v) is 9.93. The number of amides is 1. The Kier molecular flexibility index (Phi) is 5.86. The van der Waals surface area contributed by atoms with E-state index in [2.05, 4.69) is 25.5 Å². The molecule has 1 fully saturated rings. The molecule has 1 saturated heterocycles. The molecule has 2 aromatic heterocycles. The summed E-state index contributed by atoms with van der Waals surface area (Å²) in [5.41, 5.74) is 3.48. The van der Waals surface area contributed by atoms with Gasteiger partial charge in [0.15, 0.2) is 5.76 Å². The minimum atomic E-state index is 0.0293. The molecule has 2 N–H and O–H groups in total. The fraction of sp³-hybridized carbons (Fsp3) is 0.318. The van der Waals surface area contributed by atoms with Gasteiger partial charge in [0.2, 0.25) is 5.91 Å². The Bertz CT molecular complexity index is 964. The van der Waals surface area contributed by atoms with Crippen molar-refractivity contribution >= 4 is 23.3 Å². The van der Waals surface area contributed by atoms with Crippen LogP contribution >= 0.6 is 0 Å². The van der Waals surface area contributed by atoms with Gasteiger partial charge in [0.25, 0.3) is 6.01 Å². The molecule has 1 amide bonds. The minimum absolute atomic E-state index is 0.0293. The van der Waals surface area contributed by atoms with Gasteiger partial charge >= 0.3 is 0 Å². The number of hydrogen-bond donors (Lipinski definition) is 2. The highest BCUT2D eigenvalue weighted by Gasteiger charge is 2.13. The number of nitrogens with one attached hydrogen (secondary N) is 2. The van der Waals surface area contributed by atoms with E-state index in [-0.39, 0.29) is 5.91 Å². The molecule has 3 aromatic rings. The van der Waals surface area contributed by atoms with Crippen LogP contribution in [0.15, 0.2) is 53.3 Å². The van der Waals surface area contributed by atoms with Crippen LogP contribution in [0.1, 0.15) is 24.8 Å². The molecule has 0 saturated carbocycles. The van der Waals surface area contributed by atoms with E-state index in [0.29, 0.717) is 18.2 Å². The lowest BCUT2D eigenvalue weighted by Crippen LogP contribution is -2.25. The number of likely N-dealkylation sites (tertiary alicyclic amines) is 1. The van der Waals surface area contributed by atoms with Gasteiger partial charge in [-0.25, -0.2) is 4.98 Å². The number of anilines is 3. The van der Waals surface area contributed by atoms with Crippen molar-refractivity contribution in [2.24, 2.45) is 0 Å². The summed E-state index contributed by atoms with van der Waals surface area (Å²) in [5, 5.41) is 6.18. The number of pyridine rings is 1. The zero-order chi connectivity index (χ0) is 20.1. The Labute approximate surface area is 170 Å². The Balaban J connectivity index is 1.39. The summed E-state index contributed by atoms with van der Waals surface area (Å²) in [7, 11) is 0. The molecule has 29 heavy (non-hydrogen) atoms. The second-order valence-corrected chi connectivity index (χ2v) is 7.27. The fourth-order valence-electron chi connectivity index (χ4n) is 3.41. The van der Waals surface area contributed by atoms with Gasteiger partial charge in [0, 0.05) is 42.3 Å². The number of rotatable bonds is 7. The zero-order valence-corrected chi connectivity index (χ0v) is 16.5. The van der Waals surface area contributed by atoms with Crippen LogP contribution in [0.2, 0.25) is 0 Å². The molecule has 150 valence electrons. The van der Waals surface area contributed by atoms with Crippen LogP contribution in [-0.2, 0) is 4.79 Å². The molecule has 0 spiro atoms. The van der Waals surface area contributed by atoms with Crippen LogP contribution in [0.4, 0.5) is 17.4 Å². The van der Waals surface area contributed by atoms with Crippen molar-refractivity contribution in [2.75, 3.05) is 30.3 Å². The Morgan fingerprint density at radius 1 is 1.21 bits per heavy atom. The number of hydrogen-bond acceptors (Lipinski definition) is 6. The molecule has 7 heteroatoms. The lowest BCUT2D eigenvalue weighted by atomic mass is 10.1. The third-order valence-electron chi connectivity index (χ3n) is 5.07. The second-order valence-electron chi connectivity index (χ2n) is 7.27. The van der Waals surface area contributed by atoms with Crippen LogP contribution in [0.25, 0.3) is 11.3 Å². The van der Waals surface area contributed by atoms with Gasteiger partial charge in [-0.2, -0.15) is 0 Å². The number of aryl methyl sites for hydroxylation is 1. The predicted octanol–water partition coefficient (Wildman–Crippen LogP) is 4.21. The van der Waals surface area contributed by atoms with Crippen molar-refractivity contribution in [1.29, 1.82) is 0 Å². The molecular formula is C22H25N5O2. The number of carbonyl (C=O) groups is 1. The highest BCUT2D eigenvalue weighted by molar-refractivity contribution is 5.91. The highest BCUT2D eigenvalue weighted by atomic mass is 16.4. The van der Waals surface area contributed by atoms with E-state index in [1.807, 2.05) is 37.3 Å². The smallest absolute Gasteiger partial charge is 0.299 e. The van der Waals surface area contributed by atoms with Crippen molar-refractivity contribution in [3.8, 4) is 11.3 Å². The van der Waals surface area contributed by atoms with Gasteiger partial charge in [0.1, 0.15) is 0 Å². The molecule has 0 atom stereocenters. The van der Waals surface area contributed by atoms with Gasteiger partial charge in [-0.1, -0.05) is 6.07 Å². The average molecular weight is 391 g/mol. The molecular weight excluding hydrogens is 366 g/mol. The molecule has 1 aromatic carbocycles. The molecule has 1 aliphatic rings. The Morgan fingerprint density at radius 2 is 2.07 bits per heavy atom. The van der Waals surface area contributed by atoms with Gasteiger partial charge in [-0.3, -0.25) is 9.78 Å². The van der Waals surface area contributed by atoms with E-state index in [0.717, 1.165) is 42.1 Å². The number of carbonyl (C=O) groups excluding carboxylic acids is 1. The molecule has 0 unspecified atom stereocenters. The monoisotopic (exact) mass is 391 g/mol. The maximum Gasteiger partial charge on any atom is 0.299 e. The van der Waals surface area contributed by atoms with Crippen molar-refractivity contribution < 1.29 is 9.21 Å². The summed E-state index contributed by atoms with van der Waals surface area (Å²) < 4.78 is 5.79. The SMILES string of the molecule is Cc1ccc(NC(=O)CCN2CCCC2)cc1Nc1ncc(-c2cccnc2)o1. The normalized spacial score (nSPS) is 14.1. The summed E-state index contributed by atoms with van der Waals surface area (Å²) in [5.74, 6) is 0.673. The lowest BCUT2D eigenvalue weighted by Gasteiger charge is -2.14. The van der Waals surface area contributed by atoms with Crippen LogP contribution in [0.5, 0.6) is 0 Å². The summed E-state index contributed by atoms with van der Waals surface area (Å²) in [6.45, 7) is 5.01. The first kappa shape index (κ1) is 19.1. The quantitative estimate of drug-likeness (QED) is 0.628. The lowest BCUT2D eigenvalue weighted by molar-refractivity contribution is -0.116. The standard InChI is InChI=1S/C22H25N5O2/c1-16-6-7-18(25-21(28)8-12-27-10-2-3-11-27)13-19(16)26-22-24-15-20(29-22)17-5-4-9-23-14-17/h4-7,9,13-15H,2-3,8,10-12H2,1H3,(H,24,26)(H,25,28). The first-order chi connectivity index (χ1) is 14.2. The zero-order valence-electron chi connectivity index (χ0n) is 16.5. The number of benzene rings is 1. The first-order valence-electron chi connectivity index (χ1n) is 9.93. The third kappa shape index (κ3) is 5.00. The third-order valence-corrected chi connectivity index (χ3v) is 5.07. The van der Waals surface area contributed by atoms with Crippen LogP contribution in [0.3, 0.4) is 0 Å². The summed E-state index contributed by atoms with van der Waals surface area (Å²) in [6.07, 6.45) is 8.08. The van der Waals surface area contributed by atoms with E-state index in [1.165, 1.54) is 12.8 Å². The van der Waals surface area contributed by atoms with Gasteiger partial charge < -0.3 is 20.0 Å². The van der Waals surface area contributed by atoms with E-state index in [9.17, 15) is 4.79 Å². The largest absolute Gasteiger partial charge is 0.423 e. The van der Waals surface area contributed by atoms with Gasteiger partial charge in [-0.05, 0) is 62.7 Å². The number of nitrogens with zero attached hydrogens (tertiary/aromatic N) is 3. The number of oxazole rings is 1. The molecule has 7 nitrogen and oxygen atoms in total. The maximum absolute atomic E-state index is 12.3. The van der Waals surface area contributed by atoms with Crippen LogP contribution in [0, 0.1) is 6.92 Å². The molecule has 0 aliphatic carbocycles. The molecule has 1 aliphatic heterocycles. The summed E-state index contributed by atoms with van der Waals surface area (Å²) >= 11 is 0. The molecule has 3 heterocycles. The predicted molar refractivity (Wildman–Crippen MR) is 113 cm³/mol. The van der Waals surface area contributed by atoms with E-state index >= 15 is 0 Å². The van der Waals surface area contributed by atoms with Crippen LogP contribution in [-0.4, -0.2) is 40.4 Å². The second kappa shape index (κ2) is 8.87. The Morgan fingerprint density at radius 3 is 2.86 bits per heavy atom. The van der Waals surface area contributed by atoms with Gasteiger partial charge in [0.05, 0.1) is 6.20 Å². The Hall–Kier alpha value is -3.19. The van der Waals surface area contributed by atoms with Crippen LogP contribution < -0.4 is 10.6 Å². The van der Waals surface area contributed by atoms with Crippen molar-refractivity contribution in [1.82, 2.24) is 14.9 Å². The highest BCUT2D eigenvalue weighted by Crippen LogP contribution is 2.27. The van der Waals surface area contributed by atoms with Crippen molar-refractivity contribution in [3.63, 3.8) is 0 Å². The molecule has 4 rings (SSSR count). The number of aromatic nitrogens is 2. The topological polar surface area (TPSA) is 83.3 Å². The fourth-order valence-corrected chi connectivity index (χ4v) is 3.41. The minimum Gasteiger partial charge on any atom is -0.423 e. The van der Waals surface area contributed by atoms with E-state index in [1.54, 1.807) is 18.6 Å². The molecule has 0 radical (unpaired) electrons. The molecule has 0 bridgehead atoms. The summed E-state index contributed by atoms with van der Waals surface area (Å²) in [6, 6.07) is 9.93. The van der Waals surface area contributed by atoms with Crippen molar-refractivity contribution in [3.05, 3.63) is 54.5 Å².